The van der Waals surface area contributed by atoms with Crippen LogP contribution in [0.15, 0.2) is 60.7 Å². The molecule has 3 rings (SSSR count). The van der Waals surface area contributed by atoms with Crippen LogP contribution in [-0.4, -0.2) is 110 Å². The summed E-state index contributed by atoms with van der Waals surface area (Å²) in [4.78, 5) is 56.8. The van der Waals surface area contributed by atoms with E-state index < -0.39 is 97.1 Å². The van der Waals surface area contributed by atoms with E-state index in [0.29, 0.717) is 31.9 Å². The fourth-order valence-corrected chi connectivity index (χ4v) is 14.7. The Hall–Kier alpha value is -3.62. The maximum absolute atomic E-state index is 15.8. The molecule has 0 aliphatic carbocycles. The molecule has 1 aliphatic rings. The highest BCUT2D eigenvalue weighted by molar-refractivity contribution is 7.49. The Balaban J connectivity index is 2.21. The minimum absolute atomic E-state index is 0.0305. The zero-order valence-electron chi connectivity index (χ0n) is 61.3. The Labute approximate surface area is 578 Å². The summed E-state index contributed by atoms with van der Waals surface area (Å²) < 4.78 is 79.1. The molecule has 1 N–H and O–H groups in total. The first kappa shape index (κ1) is 85.6. The van der Waals surface area contributed by atoms with Gasteiger partial charge in [-0.25, -0.2) is 4.57 Å². The fourth-order valence-electron chi connectivity index (χ4n) is 11.7. The van der Waals surface area contributed by atoms with Crippen LogP contribution >= 0.6 is 7.82 Å². The van der Waals surface area contributed by atoms with E-state index in [-0.39, 0.29) is 44.2 Å². The van der Waals surface area contributed by atoms with Gasteiger partial charge in [0.1, 0.15) is 43.1 Å². The molecule has 95 heavy (non-hydrogen) atoms. The van der Waals surface area contributed by atoms with Crippen molar-refractivity contribution in [1.29, 1.82) is 0 Å². The average Bonchev–Trinajstić information content (AvgIpc) is 0.774. The van der Waals surface area contributed by atoms with Gasteiger partial charge in [-0.3, -0.25) is 23.7 Å². The van der Waals surface area contributed by atoms with Crippen LogP contribution in [0.3, 0.4) is 0 Å². The molecule has 0 radical (unpaired) electrons. The number of phosphoric acid groups is 1. The monoisotopic (exact) mass is 1390 g/mol. The van der Waals surface area contributed by atoms with E-state index in [2.05, 4.69) is 65.4 Å². The molecule has 1 amide bonds. The standard InChI is InChI=1S/C76H134NO15PSi2/c1-11-14-17-20-23-26-28-29-32-34-37-42-49-64(48-41-36-33-31-27-24-21-18-15-12-2)75(81)89-74-72(77-69(78)61-67(87-63-84-57-59-94(5,6)7)54-43-38-35-30-25-22-19-16-13-3)76(85-58-60-95(8,9)10)88-68(62-86-71(80)56-55-70(79)83-4)73(74)92-93(82,90-65-50-44-39-45-51-65)91-66-52-46-40-47-53-66/h39-40,44-47,50-53,64,67-68,72-74,76H,11-38,41-43,48-49,54-63H2,1-10H3,(H,77,78)/t64?,67-,68-,72-,73-,74-,76-/m1/s1. The molecule has 2 aromatic carbocycles. The first-order valence-corrected chi connectivity index (χ1v) is 46.6. The summed E-state index contributed by atoms with van der Waals surface area (Å²) >= 11 is 0. The Morgan fingerprint density at radius 3 is 1.40 bits per heavy atom. The summed E-state index contributed by atoms with van der Waals surface area (Å²) in [5, 5.41) is 3.24. The van der Waals surface area contributed by atoms with Crippen molar-refractivity contribution in [2.45, 2.75) is 346 Å². The minimum Gasteiger partial charge on any atom is -0.469 e. The van der Waals surface area contributed by atoms with Gasteiger partial charge >= 0.3 is 25.7 Å². The molecule has 0 spiro atoms. The smallest absolute Gasteiger partial charge is 0.469 e. The number of hydrogen-bond donors (Lipinski definition) is 1. The van der Waals surface area contributed by atoms with Crippen molar-refractivity contribution in [3.05, 3.63) is 60.7 Å². The number of carbonyl (C=O) groups excluding carboxylic acids is 4. The van der Waals surface area contributed by atoms with E-state index in [4.69, 9.17) is 46.7 Å². The van der Waals surface area contributed by atoms with Gasteiger partial charge in [0.2, 0.25) is 5.91 Å². The predicted octanol–water partition coefficient (Wildman–Crippen LogP) is 20.6. The second-order valence-electron chi connectivity index (χ2n) is 29.1. The Kier molecular flexibility index (Phi) is 47.2. The van der Waals surface area contributed by atoms with E-state index in [0.717, 1.165) is 83.1 Å². The summed E-state index contributed by atoms with van der Waals surface area (Å²) in [5.41, 5.74) is 0. The molecule has 0 saturated carbocycles. The highest BCUT2D eigenvalue weighted by Crippen LogP contribution is 2.53. The number of phosphoric ester groups is 1. The van der Waals surface area contributed by atoms with Gasteiger partial charge in [-0.15, -0.1) is 0 Å². The number of esters is 3. The molecular formula is C76H134NO15PSi2. The number of hydrogen-bond acceptors (Lipinski definition) is 15. The summed E-state index contributed by atoms with van der Waals surface area (Å²) in [6.45, 7) is 20.6. The van der Waals surface area contributed by atoms with Crippen LogP contribution in [0.25, 0.3) is 0 Å². The molecule has 1 aliphatic heterocycles. The molecule has 1 heterocycles. The van der Waals surface area contributed by atoms with Crippen molar-refractivity contribution in [2.24, 2.45) is 5.92 Å². The van der Waals surface area contributed by atoms with Gasteiger partial charge < -0.3 is 47.5 Å². The lowest BCUT2D eigenvalue weighted by molar-refractivity contribution is -0.271. The second kappa shape index (κ2) is 52.4. The van der Waals surface area contributed by atoms with Gasteiger partial charge in [0.15, 0.2) is 12.4 Å². The van der Waals surface area contributed by atoms with Crippen molar-refractivity contribution in [3.8, 4) is 11.5 Å². The number of para-hydroxylation sites is 2. The molecule has 0 aromatic heterocycles. The summed E-state index contributed by atoms with van der Waals surface area (Å²) in [5.74, 6) is -2.48. The van der Waals surface area contributed by atoms with Gasteiger partial charge in [0.25, 0.3) is 0 Å². The topological polar surface area (TPSA) is 190 Å². The van der Waals surface area contributed by atoms with Gasteiger partial charge in [0, 0.05) is 29.4 Å². The summed E-state index contributed by atoms with van der Waals surface area (Å²) in [6, 6.07) is 17.3. The molecule has 1 unspecified atom stereocenters. The number of methoxy groups -OCH3 is 1. The highest BCUT2D eigenvalue weighted by atomic mass is 31.2. The zero-order chi connectivity index (χ0) is 69.3. The molecular weight excluding hydrogens is 1250 g/mol. The zero-order valence-corrected chi connectivity index (χ0v) is 64.2. The molecule has 2 aromatic rings. The minimum atomic E-state index is -4.89. The molecule has 546 valence electrons. The Morgan fingerprint density at radius 2 is 0.958 bits per heavy atom. The van der Waals surface area contributed by atoms with E-state index in [1.807, 2.05) is 0 Å². The van der Waals surface area contributed by atoms with Crippen LogP contribution < -0.4 is 14.4 Å². The third-order valence-corrected chi connectivity index (χ3v) is 22.6. The lowest BCUT2D eigenvalue weighted by Crippen LogP contribution is -2.66. The van der Waals surface area contributed by atoms with Crippen molar-refractivity contribution >= 4 is 47.8 Å². The third kappa shape index (κ3) is 42.8. The van der Waals surface area contributed by atoms with E-state index in [1.165, 1.54) is 129 Å². The van der Waals surface area contributed by atoms with Crippen molar-refractivity contribution in [2.75, 3.05) is 33.7 Å². The maximum Gasteiger partial charge on any atom is 0.588 e. The third-order valence-electron chi connectivity index (χ3n) is 17.8. The largest absolute Gasteiger partial charge is 0.588 e. The van der Waals surface area contributed by atoms with Crippen LogP contribution in [0.4, 0.5) is 0 Å². The van der Waals surface area contributed by atoms with Crippen LogP contribution in [0, 0.1) is 5.92 Å². The fraction of sp³-hybridized carbons (Fsp3) is 0.789. The first-order valence-electron chi connectivity index (χ1n) is 37.7. The van der Waals surface area contributed by atoms with E-state index in [9.17, 15) is 9.59 Å². The quantitative estimate of drug-likeness (QED) is 0.0164. The van der Waals surface area contributed by atoms with Gasteiger partial charge in [-0.1, -0.05) is 295 Å². The first-order chi connectivity index (χ1) is 45.8. The van der Waals surface area contributed by atoms with Gasteiger partial charge in [0.05, 0.1) is 38.4 Å². The van der Waals surface area contributed by atoms with E-state index in [1.54, 1.807) is 60.7 Å². The van der Waals surface area contributed by atoms with Gasteiger partial charge in [-0.2, -0.15) is 0 Å². The number of amides is 1. The van der Waals surface area contributed by atoms with Crippen LogP contribution in [0.2, 0.25) is 51.4 Å². The number of carbonyl (C=O) groups is 4. The molecule has 1 fully saturated rings. The number of benzene rings is 2. The molecule has 0 bridgehead atoms. The van der Waals surface area contributed by atoms with Crippen molar-refractivity contribution < 1.29 is 70.5 Å². The summed E-state index contributed by atoms with van der Waals surface area (Å²) in [7, 11) is -6.81. The predicted molar refractivity (Wildman–Crippen MR) is 389 cm³/mol. The Morgan fingerprint density at radius 1 is 0.537 bits per heavy atom. The molecule has 7 atom stereocenters. The van der Waals surface area contributed by atoms with Crippen LogP contribution in [0.5, 0.6) is 11.5 Å². The number of rotatable bonds is 60. The van der Waals surface area contributed by atoms with Crippen LogP contribution in [0.1, 0.15) is 258 Å². The Bertz CT molecular complexity index is 2260. The molecule has 16 nitrogen and oxygen atoms in total. The highest BCUT2D eigenvalue weighted by Gasteiger charge is 2.55. The average molecular weight is 1390 g/mol. The lowest BCUT2D eigenvalue weighted by atomic mass is 9.92. The lowest BCUT2D eigenvalue weighted by Gasteiger charge is -2.46. The second-order valence-corrected chi connectivity index (χ2v) is 41.8. The van der Waals surface area contributed by atoms with Crippen molar-refractivity contribution in [1.82, 2.24) is 5.32 Å². The number of nitrogens with one attached hydrogen (secondary N) is 1. The number of unbranched alkanes of at least 4 members (excludes halogenated alkanes) is 28. The molecule has 1 saturated heterocycles. The van der Waals surface area contributed by atoms with Crippen molar-refractivity contribution in [3.63, 3.8) is 0 Å². The van der Waals surface area contributed by atoms with Gasteiger partial charge in [-0.05, 0) is 55.6 Å². The molecule has 19 heteroatoms. The number of ether oxygens (including phenoxy) is 7. The maximum atomic E-state index is 15.8. The normalized spacial score (nSPS) is 17.4. The SMILES string of the molecule is CCCCCCCCCCCCCCC(CCCCCCCCCCCC)C(=O)O[C@@H]1[C@@H](NC(=O)C[C@@H](CCCCCCCCCCC)OCOCC[Si](C)(C)C)[C@H](OCC[Si](C)(C)C)O[C@H](COC(=O)CCC(=O)OC)[C@H]1OP(=O)(Oc1ccccc1)Oc1ccccc1. The summed E-state index contributed by atoms with van der Waals surface area (Å²) in [6.07, 6.45) is 30.8. The van der Waals surface area contributed by atoms with E-state index >= 15 is 14.2 Å². The van der Waals surface area contributed by atoms with Crippen LogP contribution in [-0.2, 0) is 61.4 Å².